The number of carbonyl (C=O) groups excluding carboxylic acids is 1. The van der Waals surface area contributed by atoms with Crippen LogP contribution in [0.5, 0.6) is 11.5 Å². The monoisotopic (exact) mass is 371 g/mol. The Balaban J connectivity index is 1.37. The molecule has 0 radical (unpaired) electrons. The van der Waals surface area contributed by atoms with E-state index < -0.39 is 0 Å². The van der Waals surface area contributed by atoms with Crippen LogP contribution in [-0.4, -0.2) is 15.9 Å². The molecule has 0 aliphatic carbocycles. The molecule has 2 heterocycles. The van der Waals surface area contributed by atoms with Crippen molar-refractivity contribution in [2.45, 2.75) is 19.8 Å². The lowest BCUT2D eigenvalue weighted by molar-refractivity contribution is -0.116. The van der Waals surface area contributed by atoms with Gasteiger partial charge in [-0.1, -0.05) is 18.2 Å². The number of aromatic amines is 1. The first-order chi connectivity index (χ1) is 13.7. The fraction of sp³-hybridized carbons (Fsp3) is 0.130. The van der Waals surface area contributed by atoms with E-state index in [0.717, 1.165) is 28.1 Å². The number of hydrogen-bond acceptors (Lipinski definition) is 3. The molecule has 28 heavy (non-hydrogen) atoms. The van der Waals surface area contributed by atoms with Gasteiger partial charge in [0.25, 0.3) is 0 Å². The average Bonchev–Trinajstić information content (AvgIpc) is 3.12. The maximum absolute atomic E-state index is 12.4. The molecule has 4 rings (SSSR count). The van der Waals surface area contributed by atoms with Crippen molar-refractivity contribution in [1.82, 2.24) is 9.97 Å². The zero-order chi connectivity index (χ0) is 19.3. The lowest BCUT2D eigenvalue weighted by Gasteiger charge is -2.11. The van der Waals surface area contributed by atoms with Crippen LogP contribution in [0.3, 0.4) is 0 Å². The summed E-state index contributed by atoms with van der Waals surface area (Å²) in [5, 5.41) is 4.14. The second-order valence-electron chi connectivity index (χ2n) is 6.68. The van der Waals surface area contributed by atoms with Gasteiger partial charge in [-0.25, -0.2) is 0 Å². The van der Waals surface area contributed by atoms with Crippen LogP contribution in [0, 0.1) is 6.92 Å². The Morgan fingerprint density at radius 3 is 2.86 bits per heavy atom. The second kappa shape index (κ2) is 7.96. The molecule has 2 N–H and O–H groups in total. The molecule has 1 amide bonds. The predicted molar refractivity (Wildman–Crippen MR) is 111 cm³/mol. The largest absolute Gasteiger partial charge is 0.455 e. The van der Waals surface area contributed by atoms with Crippen molar-refractivity contribution in [2.24, 2.45) is 0 Å². The number of pyridine rings is 1. The quantitative estimate of drug-likeness (QED) is 0.487. The number of anilines is 1. The molecule has 140 valence electrons. The van der Waals surface area contributed by atoms with Gasteiger partial charge in [-0.2, -0.15) is 0 Å². The van der Waals surface area contributed by atoms with Crippen LogP contribution in [-0.2, 0) is 11.2 Å². The summed E-state index contributed by atoms with van der Waals surface area (Å²) in [5.74, 6) is 1.41. The average molecular weight is 371 g/mol. The number of ether oxygens (including phenoxy) is 1. The summed E-state index contributed by atoms with van der Waals surface area (Å²) in [6.07, 6.45) is 6.47. The van der Waals surface area contributed by atoms with Gasteiger partial charge in [0, 0.05) is 35.4 Å². The first-order valence-corrected chi connectivity index (χ1v) is 9.22. The highest BCUT2D eigenvalue weighted by atomic mass is 16.5. The SMILES string of the molecule is Cc1cc(NC(=O)CCc2c[nH]c3ccccc23)ccc1Oc1cccnc1. The summed E-state index contributed by atoms with van der Waals surface area (Å²) in [6, 6.07) is 17.4. The topological polar surface area (TPSA) is 67.0 Å². The minimum absolute atomic E-state index is 0.00870. The van der Waals surface area contributed by atoms with Crippen molar-refractivity contribution in [3.8, 4) is 11.5 Å². The highest BCUT2D eigenvalue weighted by Crippen LogP contribution is 2.27. The smallest absolute Gasteiger partial charge is 0.224 e. The molecule has 0 saturated carbocycles. The maximum atomic E-state index is 12.4. The van der Waals surface area contributed by atoms with Gasteiger partial charge in [0.1, 0.15) is 11.5 Å². The molecule has 4 aromatic rings. The fourth-order valence-electron chi connectivity index (χ4n) is 3.19. The Labute approximate surface area is 163 Å². The Kier molecular flexibility index (Phi) is 5.06. The van der Waals surface area contributed by atoms with Crippen LogP contribution in [0.25, 0.3) is 10.9 Å². The van der Waals surface area contributed by atoms with Crippen LogP contribution in [0.1, 0.15) is 17.5 Å². The Morgan fingerprint density at radius 1 is 1.14 bits per heavy atom. The maximum Gasteiger partial charge on any atom is 0.224 e. The van der Waals surface area contributed by atoms with Crippen molar-refractivity contribution in [3.05, 3.63) is 84.3 Å². The number of amides is 1. The van der Waals surface area contributed by atoms with E-state index >= 15 is 0 Å². The number of rotatable bonds is 6. The minimum atomic E-state index is -0.00870. The molecule has 2 aromatic carbocycles. The third-order valence-electron chi connectivity index (χ3n) is 4.62. The van der Waals surface area contributed by atoms with E-state index in [2.05, 4.69) is 21.4 Å². The second-order valence-corrected chi connectivity index (χ2v) is 6.68. The lowest BCUT2D eigenvalue weighted by Crippen LogP contribution is -2.12. The lowest BCUT2D eigenvalue weighted by atomic mass is 10.1. The first kappa shape index (κ1) is 17.8. The van der Waals surface area contributed by atoms with Gasteiger partial charge < -0.3 is 15.0 Å². The van der Waals surface area contributed by atoms with Gasteiger partial charge in [-0.3, -0.25) is 9.78 Å². The van der Waals surface area contributed by atoms with Crippen LogP contribution >= 0.6 is 0 Å². The number of fused-ring (bicyclic) bond motifs is 1. The number of benzene rings is 2. The van der Waals surface area contributed by atoms with E-state index in [1.54, 1.807) is 12.4 Å². The van der Waals surface area contributed by atoms with Crippen LogP contribution in [0.4, 0.5) is 5.69 Å². The zero-order valence-electron chi connectivity index (χ0n) is 15.6. The van der Waals surface area contributed by atoms with Gasteiger partial charge in [0.2, 0.25) is 5.91 Å². The number of nitrogens with one attached hydrogen (secondary N) is 2. The molecular weight excluding hydrogens is 350 g/mol. The Hall–Kier alpha value is -3.60. The van der Waals surface area contributed by atoms with E-state index in [1.807, 2.05) is 61.7 Å². The summed E-state index contributed by atoms with van der Waals surface area (Å²) in [5.41, 5.74) is 3.96. The van der Waals surface area contributed by atoms with E-state index in [0.29, 0.717) is 18.6 Å². The van der Waals surface area contributed by atoms with Crippen LogP contribution in [0.15, 0.2) is 73.2 Å². The van der Waals surface area contributed by atoms with Gasteiger partial charge in [0.15, 0.2) is 0 Å². The number of nitrogens with zero attached hydrogens (tertiary/aromatic N) is 1. The number of carbonyl (C=O) groups is 1. The third-order valence-corrected chi connectivity index (χ3v) is 4.62. The molecule has 0 spiro atoms. The first-order valence-electron chi connectivity index (χ1n) is 9.22. The fourth-order valence-corrected chi connectivity index (χ4v) is 3.19. The summed E-state index contributed by atoms with van der Waals surface area (Å²) in [7, 11) is 0. The number of aryl methyl sites for hydroxylation is 2. The van der Waals surface area contributed by atoms with Crippen molar-refractivity contribution >= 4 is 22.5 Å². The molecule has 0 aliphatic rings. The van der Waals surface area contributed by atoms with Crippen molar-refractivity contribution < 1.29 is 9.53 Å². The van der Waals surface area contributed by atoms with Crippen molar-refractivity contribution in [3.63, 3.8) is 0 Å². The van der Waals surface area contributed by atoms with Crippen LogP contribution < -0.4 is 10.1 Å². The summed E-state index contributed by atoms with van der Waals surface area (Å²) in [6.45, 7) is 1.95. The molecule has 0 fully saturated rings. The predicted octanol–water partition coefficient (Wildman–Crippen LogP) is 5.23. The highest BCUT2D eigenvalue weighted by molar-refractivity contribution is 5.91. The molecule has 0 saturated heterocycles. The Bertz CT molecular complexity index is 1100. The summed E-state index contributed by atoms with van der Waals surface area (Å²) < 4.78 is 5.83. The molecule has 2 aromatic heterocycles. The van der Waals surface area contributed by atoms with Gasteiger partial charge in [-0.15, -0.1) is 0 Å². The Morgan fingerprint density at radius 2 is 2.04 bits per heavy atom. The molecule has 5 nitrogen and oxygen atoms in total. The molecule has 0 bridgehead atoms. The third kappa shape index (κ3) is 4.04. The van der Waals surface area contributed by atoms with Crippen LogP contribution in [0.2, 0.25) is 0 Å². The van der Waals surface area contributed by atoms with Crippen molar-refractivity contribution in [1.29, 1.82) is 0 Å². The number of hydrogen-bond donors (Lipinski definition) is 2. The molecule has 5 heteroatoms. The molecule has 0 unspecified atom stereocenters. The summed E-state index contributed by atoms with van der Waals surface area (Å²) in [4.78, 5) is 19.7. The minimum Gasteiger partial charge on any atom is -0.455 e. The van der Waals surface area contributed by atoms with Gasteiger partial charge in [0.05, 0.1) is 6.20 Å². The van der Waals surface area contributed by atoms with E-state index in [4.69, 9.17) is 4.74 Å². The van der Waals surface area contributed by atoms with E-state index in [-0.39, 0.29) is 5.91 Å². The van der Waals surface area contributed by atoms with Crippen molar-refractivity contribution in [2.75, 3.05) is 5.32 Å². The van der Waals surface area contributed by atoms with Gasteiger partial charge in [-0.05, 0) is 60.9 Å². The highest BCUT2D eigenvalue weighted by Gasteiger charge is 2.09. The molecular formula is C23H21N3O2. The van der Waals surface area contributed by atoms with E-state index in [9.17, 15) is 4.79 Å². The standard InChI is InChI=1S/C23H21N3O2/c1-16-13-18(9-10-22(16)28-19-5-4-12-24-15-19)26-23(27)11-8-17-14-25-21-7-3-2-6-20(17)21/h2-7,9-10,12-15,25H,8,11H2,1H3,(H,26,27). The molecule has 0 aliphatic heterocycles. The number of para-hydroxylation sites is 1. The van der Waals surface area contributed by atoms with Gasteiger partial charge >= 0.3 is 0 Å². The number of H-pyrrole nitrogens is 1. The summed E-state index contributed by atoms with van der Waals surface area (Å²) >= 11 is 0. The zero-order valence-corrected chi connectivity index (χ0v) is 15.6. The number of aromatic nitrogens is 2. The molecule has 0 atom stereocenters. The van der Waals surface area contributed by atoms with E-state index in [1.165, 1.54) is 5.39 Å². The normalized spacial score (nSPS) is 10.8.